The first-order chi connectivity index (χ1) is 7.91. The molecule has 1 N–H and O–H groups in total. The molecule has 3 nitrogen and oxygen atoms in total. The SMILES string of the molecule is Cc1cc(Cl)c(C(C)C)cc1OCCC(=O)O. The number of hydrogen-bond acceptors (Lipinski definition) is 2. The van der Waals surface area contributed by atoms with E-state index in [0.29, 0.717) is 11.7 Å². The van der Waals surface area contributed by atoms with Gasteiger partial charge < -0.3 is 9.84 Å². The number of rotatable bonds is 5. The normalized spacial score (nSPS) is 10.6. The number of carboxylic acids is 1. The van der Waals surface area contributed by atoms with E-state index in [1.165, 1.54) is 0 Å². The predicted octanol–water partition coefficient (Wildman–Crippen LogP) is 3.63. The molecule has 94 valence electrons. The second-order valence-corrected chi connectivity index (χ2v) is 4.69. The average molecular weight is 257 g/mol. The minimum Gasteiger partial charge on any atom is -0.493 e. The number of halogens is 1. The molecule has 1 aromatic carbocycles. The van der Waals surface area contributed by atoms with Gasteiger partial charge in [-0.3, -0.25) is 4.79 Å². The van der Waals surface area contributed by atoms with Gasteiger partial charge in [0, 0.05) is 5.02 Å². The number of hydrogen-bond donors (Lipinski definition) is 1. The van der Waals surface area contributed by atoms with Crippen LogP contribution in [0.4, 0.5) is 0 Å². The summed E-state index contributed by atoms with van der Waals surface area (Å²) < 4.78 is 5.45. The summed E-state index contributed by atoms with van der Waals surface area (Å²) in [6, 6.07) is 3.75. The van der Waals surface area contributed by atoms with Crippen LogP contribution in [0.2, 0.25) is 5.02 Å². The molecule has 0 unspecified atom stereocenters. The number of aryl methyl sites for hydroxylation is 1. The van der Waals surface area contributed by atoms with Crippen molar-refractivity contribution >= 4 is 17.6 Å². The minimum atomic E-state index is -0.860. The Hall–Kier alpha value is -1.22. The fraction of sp³-hybridized carbons (Fsp3) is 0.462. The highest BCUT2D eigenvalue weighted by Gasteiger charge is 2.10. The van der Waals surface area contributed by atoms with Crippen molar-refractivity contribution < 1.29 is 14.6 Å². The Bertz CT molecular complexity index is 413. The molecular formula is C13H17ClO3. The van der Waals surface area contributed by atoms with Crippen LogP contribution < -0.4 is 4.74 Å². The number of aliphatic carboxylic acids is 1. The zero-order valence-electron chi connectivity index (χ0n) is 10.3. The van der Waals surface area contributed by atoms with Gasteiger partial charge in [-0.1, -0.05) is 25.4 Å². The third-order valence-electron chi connectivity index (χ3n) is 2.49. The summed E-state index contributed by atoms with van der Waals surface area (Å²) >= 11 is 6.13. The summed E-state index contributed by atoms with van der Waals surface area (Å²) in [4.78, 5) is 10.4. The molecule has 0 heterocycles. The average Bonchev–Trinajstić information content (AvgIpc) is 2.20. The Morgan fingerprint density at radius 3 is 2.65 bits per heavy atom. The summed E-state index contributed by atoms with van der Waals surface area (Å²) in [5.41, 5.74) is 1.94. The lowest BCUT2D eigenvalue weighted by Crippen LogP contribution is -2.06. The van der Waals surface area contributed by atoms with Gasteiger partial charge >= 0.3 is 5.97 Å². The second kappa shape index (κ2) is 5.92. The van der Waals surface area contributed by atoms with Crippen molar-refractivity contribution in [3.05, 3.63) is 28.3 Å². The molecule has 0 amide bonds. The molecule has 4 heteroatoms. The predicted molar refractivity (Wildman–Crippen MR) is 68.0 cm³/mol. The largest absolute Gasteiger partial charge is 0.493 e. The number of carbonyl (C=O) groups is 1. The Kier molecular flexibility index (Phi) is 4.82. The molecule has 0 aliphatic carbocycles. The Balaban J connectivity index is 2.84. The van der Waals surface area contributed by atoms with Crippen LogP contribution in [0.5, 0.6) is 5.75 Å². The Labute approximate surface area is 106 Å². The molecule has 0 aromatic heterocycles. The molecule has 0 spiro atoms. The van der Waals surface area contributed by atoms with Gasteiger partial charge in [-0.25, -0.2) is 0 Å². The summed E-state index contributed by atoms with van der Waals surface area (Å²) in [6.45, 7) is 6.18. The van der Waals surface area contributed by atoms with Crippen LogP contribution >= 0.6 is 11.6 Å². The zero-order valence-corrected chi connectivity index (χ0v) is 11.0. The first-order valence-corrected chi connectivity index (χ1v) is 5.94. The van der Waals surface area contributed by atoms with Crippen LogP contribution in [0.3, 0.4) is 0 Å². The van der Waals surface area contributed by atoms with E-state index < -0.39 is 5.97 Å². The fourth-order valence-corrected chi connectivity index (χ4v) is 1.95. The van der Waals surface area contributed by atoms with E-state index in [0.717, 1.165) is 16.1 Å². The van der Waals surface area contributed by atoms with Crippen LogP contribution in [-0.2, 0) is 4.79 Å². The highest BCUT2D eigenvalue weighted by atomic mass is 35.5. The molecule has 0 atom stereocenters. The third-order valence-corrected chi connectivity index (χ3v) is 2.82. The van der Waals surface area contributed by atoms with Gasteiger partial charge in [0.1, 0.15) is 5.75 Å². The summed E-state index contributed by atoms with van der Waals surface area (Å²) in [7, 11) is 0. The van der Waals surface area contributed by atoms with Gasteiger partial charge in [0.05, 0.1) is 13.0 Å². The molecule has 0 saturated carbocycles. The molecule has 1 rings (SSSR count). The maximum Gasteiger partial charge on any atom is 0.306 e. The second-order valence-electron chi connectivity index (χ2n) is 4.29. The number of ether oxygens (including phenoxy) is 1. The van der Waals surface area contributed by atoms with Crippen molar-refractivity contribution in [3.8, 4) is 5.75 Å². The molecule has 0 bridgehead atoms. The highest BCUT2D eigenvalue weighted by molar-refractivity contribution is 6.31. The highest BCUT2D eigenvalue weighted by Crippen LogP contribution is 2.31. The van der Waals surface area contributed by atoms with E-state index in [1.807, 2.05) is 19.1 Å². The maximum absolute atomic E-state index is 10.4. The molecule has 1 aromatic rings. The van der Waals surface area contributed by atoms with E-state index in [2.05, 4.69) is 13.8 Å². The van der Waals surface area contributed by atoms with E-state index in [9.17, 15) is 4.79 Å². The van der Waals surface area contributed by atoms with E-state index >= 15 is 0 Å². The van der Waals surface area contributed by atoms with E-state index in [-0.39, 0.29) is 13.0 Å². The standard InChI is InChI=1S/C13H17ClO3/c1-8(2)10-7-12(9(3)6-11(10)14)17-5-4-13(15)16/h6-8H,4-5H2,1-3H3,(H,15,16). The molecule has 0 aliphatic rings. The minimum absolute atomic E-state index is 0.000914. The van der Waals surface area contributed by atoms with Gasteiger partial charge in [0.25, 0.3) is 0 Å². The Morgan fingerprint density at radius 2 is 2.12 bits per heavy atom. The van der Waals surface area contributed by atoms with Crippen molar-refractivity contribution in [2.75, 3.05) is 6.61 Å². The van der Waals surface area contributed by atoms with Gasteiger partial charge in [-0.15, -0.1) is 0 Å². The first kappa shape index (κ1) is 13.8. The van der Waals surface area contributed by atoms with Crippen LogP contribution in [0.15, 0.2) is 12.1 Å². The van der Waals surface area contributed by atoms with Gasteiger partial charge in [0.15, 0.2) is 0 Å². The van der Waals surface area contributed by atoms with Crippen LogP contribution in [0.1, 0.15) is 37.3 Å². The molecule has 0 aliphatic heterocycles. The van der Waals surface area contributed by atoms with Gasteiger partial charge in [0.2, 0.25) is 0 Å². The van der Waals surface area contributed by atoms with Gasteiger partial charge in [-0.05, 0) is 36.1 Å². The van der Waals surface area contributed by atoms with Crippen LogP contribution in [0, 0.1) is 6.92 Å². The van der Waals surface area contributed by atoms with E-state index in [1.54, 1.807) is 0 Å². The molecule has 17 heavy (non-hydrogen) atoms. The van der Waals surface area contributed by atoms with Crippen molar-refractivity contribution in [1.82, 2.24) is 0 Å². The maximum atomic E-state index is 10.4. The zero-order chi connectivity index (χ0) is 13.0. The quantitative estimate of drug-likeness (QED) is 0.875. The van der Waals surface area contributed by atoms with Crippen molar-refractivity contribution in [1.29, 1.82) is 0 Å². The first-order valence-electron chi connectivity index (χ1n) is 5.56. The summed E-state index contributed by atoms with van der Waals surface area (Å²) in [5, 5.41) is 9.27. The molecular weight excluding hydrogens is 240 g/mol. The lowest BCUT2D eigenvalue weighted by atomic mass is 10.0. The summed E-state index contributed by atoms with van der Waals surface area (Å²) in [5.74, 6) is 0.157. The van der Waals surface area contributed by atoms with E-state index in [4.69, 9.17) is 21.4 Å². The van der Waals surface area contributed by atoms with Crippen LogP contribution in [0.25, 0.3) is 0 Å². The van der Waals surface area contributed by atoms with Crippen molar-refractivity contribution in [2.24, 2.45) is 0 Å². The van der Waals surface area contributed by atoms with Crippen LogP contribution in [-0.4, -0.2) is 17.7 Å². The molecule has 0 saturated heterocycles. The number of benzene rings is 1. The van der Waals surface area contributed by atoms with Crippen molar-refractivity contribution in [3.63, 3.8) is 0 Å². The van der Waals surface area contributed by atoms with Crippen molar-refractivity contribution in [2.45, 2.75) is 33.1 Å². The molecule has 0 fully saturated rings. The smallest absolute Gasteiger partial charge is 0.306 e. The third kappa shape index (κ3) is 3.93. The topological polar surface area (TPSA) is 46.5 Å². The van der Waals surface area contributed by atoms with Gasteiger partial charge in [-0.2, -0.15) is 0 Å². The fourth-order valence-electron chi connectivity index (χ4n) is 1.51. The lowest BCUT2D eigenvalue weighted by Gasteiger charge is -2.14. The lowest BCUT2D eigenvalue weighted by molar-refractivity contribution is -0.137. The Morgan fingerprint density at radius 1 is 1.47 bits per heavy atom. The monoisotopic (exact) mass is 256 g/mol. The summed E-state index contributed by atoms with van der Waals surface area (Å²) in [6.07, 6.45) is -0.000914. The number of carboxylic acid groups (broad SMARTS) is 1. The molecule has 0 radical (unpaired) electrons.